The highest BCUT2D eigenvalue weighted by Gasteiger charge is 2.16. The minimum atomic E-state index is -3.70. The Balaban J connectivity index is 1.62. The van der Waals surface area contributed by atoms with E-state index in [0.29, 0.717) is 31.2 Å². The van der Waals surface area contributed by atoms with Gasteiger partial charge >= 0.3 is 0 Å². The number of anilines is 1. The second-order valence-corrected chi connectivity index (χ2v) is 9.82. The van der Waals surface area contributed by atoms with Gasteiger partial charge in [-0.15, -0.1) is 0 Å². The summed E-state index contributed by atoms with van der Waals surface area (Å²) in [6.45, 7) is 6.94. The summed E-state index contributed by atoms with van der Waals surface area (Å²) in [6, 6.07) is 14.1. The molecule has 0 bridgehead atoms. The number of nitrogens with zero attached hydrogens (tertiary/aromatic N) is 3. The van der Waals surface area contributed by atoms with Gasteiger partial charge in [-0.25, -0.2) is 18.5 Å². The number of nitrogens with two attached hydrogens (primary N) is 1. The molecule has 172 valence electrons. The van der Waals surface area contributed by atoms with E-state index in [2.05, 4.69) is 16.4 Å². The Morgan fingerprint density at radius 2 is 1.76 bits per heavy atom. The number of hydrogen-bond donors (Lipinski definition) is 3. The number of rotatable bonds is 7. The van der Waals surface area contributed by atoms with Crippen molar-refractivity contribution in [1.82, 2.24) is 14.5 Å². The van der Waals surface area contributed by atoms with Gasteiger partial charge in [0.1, 0.15) is 11.4 Å². The van der Waals surface area contributed by atoms with Gasteiger partial charge in [-0.2, -0.15) is 0 Å². The van der Waals surface area contributed by atoms with Gasteiger partial charge in [0.15, 0.2) is 0 Å². The summed E-state index contributed by atoms with van der Waals surface area (Å²) in [5.74, 6) is 0.829. The molecule has 0 saturated carbocycles. The SMILES string of the molecule is Cc1cc(C)c2c(c1)nc(NCCc1ccc(S(N)(=O)=O)cc1)n2Cc1nc(C)ccc1O. The maximum atomic E-state index is 11.4. The molecule has 4 N–H and O–H groups in total. The van der Waals surface area contributed by atoms with Crippen molar-refractivity contribution < 1.29 is 13.5 Å². The molecular weight excluding hydrogens is 438 g/mol. The number of imidazole rings is 1. The second-order valence-electron chi connectivity index (χ2n) is 8.26. The van der Waals surface area contributed by atoms with E-state index >= 15 is 0 Å². The average molecular weight is 466 g/mol. The lowest BCUT2D eigenvalue weighted by molar-refractivity contribution is 0.461. The number of sulfonamides is 1. The number of benzene rings is 2. The molecule has 0 atom stereocenters. The fourth-order valence-corrected chi connectivity index (χ4v) is 4.49. The van der Waals surface area contributed by atoms with Gasteiger partial charge in [0.25, 0.3) is 0 Å². The normalized spacial score (nSPS) is 11.8. The summed E-state index contributed by atoms with van der Waals surface area (Å²) in [7, 11) is -3.70. The number of hydrogen-bond acceptors (Lipinski definition) is 6. The first-order valence-corrected chi connectivity index (χ1v) is 12.1. The molecule has 0 saturated heterocycles. The van der Waals surface area contributed by atoms with Crippen molar-refractivity contribution in [2.45, 2.75) is 38.6 Å². The van der Waals surface area contributed by atoms with Crippen LogP contribution in [0.5, 0.6) is 5.75 Å². The Morgan fingerprint density at radius 3 is 2.45 bits per heavy atom. The zero-order valence-corrected chi connectivity index (χ0v) is 19.6. The third kappa shape index (κ3) is 4.99. The first-order chi connectivity index (χ1) is 15.6. The van der Waals surface area contributed by atoms with E-state index in [0.717, 1.165) is 33.4 Å². The van der Waals surface area contributed by atoms with Crippen molar-refractivity contribution in [1.29, 1.82) is 0 Å². The summed E-state index contributed by atoms with van der Waals surface area (Å²) < 4.78 is 24.9. The van der Waals surface area contributed by atoms with Crippen LogP contribution in [-0.2, 0) is 23.0 Å². The molecule has 0 amide bonds. The predicted octanol–water partition coefficient (Wildman–Crippen LogP) is 3.41. The lowest BCUT2D eigenvalue weighted by atomic mass is 10.1. The molecule has 9 heteroatoms. The summed E-state index contributed by atoms with van der Waals surface area (Å²) in [5, 5.41) is 18.9. The number of pyridine rings is 1. The van der Waals surface area contributed by atoms with E-state index < -0.39 is 10.0 Å². The second kappa shape index (κ2) is 8.84. The third-order valence-electron chi connectivity index (χ3n) is 5.52. The van der Waals surface area contributed by atoms with Crippen molar-refractivity contribution in [3.8, 4) is 5.75 Å². The Morgan fingerprint density at radius 1 is 1.03 bits per heavy atom. The van der Waals surface area contributed by atoms with Crippen LogP contribution in [0.1, 0.15) is 28.1 Å². The van der Waals surface area contributed by atoms with E-state index in [4.69, 9.17) is 10.1 Å². The Hall–Kier alpha value is -3.43. The molecule has 2 heterocycles. The summed E-state index contributed by atoms with van der Waals surface area (Å²) in [6.07, 6.45) is 0.667. The molecule has 0 fully saturated rings. The van der Waals surface area contributed by atoms with Crippen LogP contribution in [0.15, 0.2) is 53.4 Å². The van der Waals surface area contributed by atoms with Gasteiger partial charge in [0, 0.05) is 12.2 Å². The highest BCUT2D eigenvalue weighted by molar-refractivity contribution is 7.89. The Kier molecular flexibility index (Phi) is 6.09. The molecule has 0 spiro atoms. The lowest BCUT2D eigenvalue weighted by Crippen LogP contribution is -2.13. The van der Waals surface area contributed by atoms with Gasteiger partial charge in [-0.1, -0.05) is 18.2 Å². The molecule has 2 aromatic carbocycles. The standard InChI is InChI=1S/C24H27N5O3S/c1-15-12-16(2)23-20(13-15)28-24(29(23)14-21-22(30)9-4-17(3)27-21)26-11-10-18-5-7-19(8-6-18)33(25,31)32/h4-9,12-13,30H,10-11,14H2,1-3H3,(H,26,28)(H2,25,31,32). The van der Waals surface area contributed by atoms with Crippen LogP contribution in [0.25, 0.3) is 11.0 Å². The van der Waals surface area contributed by atoms with E-state index in [1.165, 1.54) is 12.1 Å². The topological polar surface area (TPSA) is 123 Å². The first kappa shape index (κ1) is 22.8. The van der Waals surface area contributed by atoms with Gasteiger partial charge in [-0.3, -0.25) is 4.98 Å². The van der Waals surface area contributed by atoms with Crippen molar-refractivity contribution >= 4 is 27.0 Å². The molecule has 4 aromatic rings. The highest BCUT2D eigenvalue weighted by atomic mass is 32.2. The lowest BCUT2D eigenvalue weighted by Gasteiger charge is -2.13. The summed E-state index contributed by atoms with van der Waals surface area (Å²) >= 11 is 0. The molecule has 0 aliphatic carbocycles. The minimum absolute atomic E-state index is 0.0947. The highest BCUT2D eigenvalue weighted by Crippen LogP contribution is 2.27. The van der Waals surface area contributed by atoms with Gasteiger partial charge in [-0.05, 0) is 74.2 Å². The predicted molar refractivity (Wildman–Crippen MR) is 129 cm³/mol. The summed E-state index contributed by atoms with van der Waals surface area (Å²) in [5.41, 5.74) is 6.47. The molecule has 0 unspecified atom stereocenters. The van der Waals surface area contributed by atoms with E-state index in [1.807, 2.05) is 31.4 Å². The van der Waals surface area contributed by atoms with Gasteiger partial charge in [0.2, 0.25) is 16.0 Å². The number of aromatic nitrogens is 3. The van der Waals surface area contributed by atoms with Crippen molar-refractivity contribution in [3.63, 3.8) is 0 Å². The van der Waals surface area contributed by atoms with Crippen LogP contribution in [-0.4, -0.2) is 34.6 Å². The minimum Gasteiger partial charge on any atom is -0.506 e. The van der Waals surface area contributed by atoms with E-state index in [9.17, 15) is 13.5 Å². The van der Waals surface area contributed by atoms with Crippen LogP contribution in [0.4, 0.5) is 5.95 Å². The largest absolute Gasteiger partial charge is 0.506 e. The number of nitrogens with one attached hydrogen (secondary N) is 1. The summed E-state index contributed by atoms with van der Waals surface area (Å²) in [4.78, 5) is 9.41. The zero-order chi connectivity index (χ0) is 23.8. The number of aryl methyl sites for hydroxylation is 3. The van der Waals surface area contributed by atoms with Crippen LogP contribution in [0.2, 0.25) is 0 Å². The quantitative estimate of drug-likeness (QED) is 0.384. The van der Waals surface area contributed by atoms with Crippen molar-refractivity contribution in [2.75, 3.05) is 11.9 Å². The molecule has 0 radical (unpaired) electrons. The van der Waals surface area contributed by atoms with E-state index in [1.54, 1.807) is 24.3 Å². The maximum Gasteiger partial charge on any atom is 0.238 e. The molecule has 4 rings (SSSR count). The fourth-order valence-electron chi connectivity index (χ4n) is 3.98. The third-order valence-corrected chi connectivity index (χ3v) is 6.45. The maximum absolute atomic E-state index is 11.4. The molecular formula is C24H27N5O3S. The van der Waals surface area contributed by atoms with Crippen LogP contribution in [0.3, 0.4) is 0 Å². The number of fused-ring (bicyclic) bond motifs is 1. The zero-order valence-electron chi connectivity index (χ0n) is 18.8. The molecule has 0 aliphatic heterocycles. The van der Waals surface area contributed by atoms with Gasteiger partial charge in [0.05, 0.1) is 22.5 Å². The molecule has 0 aliphatic rings. The van der Waals surface area contributed by atoms with Gasteiger partial charge < -0.3 is 15.0 Å². The first-order valence-electron chi connectivity index (χ1n) is 10.6. The van der Waals surface area contributed by atoms with E-state index in [-0.39, 0.29) is 10.6 Å². The monoisotopic (exact) mass is 465 g/mol. The van der Waals surface area contributed by atoms with Crippen molar-refractivity contribution in [3.05, 3.63) is 76.6 Å². The molecule has 2 aromatic heterocycles. The number of primary sulfonamides is 1. The number of aromatic hydroxyl groups is 1. The van der Waals surface area contributed by atoms with Crippen LogP contribution >= 0.6 is 0 Å². The fraction of sp³-hybridized carbons (Fsp3) is 0.250. The Labute approximate surface area is 193 Å². The van der Waals surface area contributed by atoms with Crippen LogP contribution < -0.4 is 10.5 Å². The smallest absolute Gasteiger partial charge is 0.238 e. The Bertz CT molecular complexity index is 1430. The molecule has 33 heavy (non-hydrogen) atoms. The average Bonchev–Trinajstić information content (AvgIpc) is 3.07. The van der Waals surface area contributed by atoms with Crippen molar-refractivity contribution in [2.24, 2.45) is 5.14 Å². The molecule has 8 nitrogen and oxygen atoms in total. The van der Waals surface area contributed by atoms with Crippen LogP contribution in [0, 0.1) is 20.8 Å².